The first kappa shape index (κ1) is 19.8. The molecule has 2 aromatic rings. The van der Waals surface area contributed by atoms with Crippen molar-refractivity contribution in [3.8, 4) is 0 Å². The van der Waals surface area contributed by atoms with Crippen LogP contribution < -0.4 is 0 Å². The van der Waals surface area contributed by atoms with Gasteiger partial charge in [-0.05, 0) is 56.4 Å². The van der Waals surface area contributed by atoms with Crippen molar-refractivity contribution in [1.82, 2.24) is 4.47 Å². The SMILES string of the molecule is Cc1ccc(S(=O)(=O)N2O[C@@]2(C(=O)OC(C)(C)C)c2ccc(Cl)cc2)cc1. The van der Waals surface area contributed by atoms with Crippen molar-refractivity contribution < 1.29 is 22.8 Å². The van der Waals surface area contributed by atoms with Crippen molar-refractivity contribution in [2.24, 2.45) is 0 Å². The van der Waals surface area contributed by atoms with Gasteiger partial charge in [-0.1, -0.05) is 41.4 Å². The molecule has 1 unspecified atom stereocenters. The Balaban J connectivity index is 2.04. The lowest BCUT2D eigenvalue weighted by Crippen LogP contribution is -2.36. The minimum absolute atomic E-state index is 0.0208. The second-order valence-electron chi connectivity index (χ2n) is 7.29. The topological polar surface area (TPSA) is 76.0 Å². The van der Waals surface area contributed by atoms with Gasteiger partial charge in [0.1, 0.15) is 5.60 Å². The van der Waals surface area contributed by atoms with E-state index in [9.17, 15) is 13.2 Å². The quantitative estimate of drug-likeness (QED) is 0.567. The molecule has 0 aromatic heterocycles. The Kier molecular flexibility index (Phi) is 4.84. The summed E-state index contributed by atoms with van der Waals surface area (Å²) in [5.74, 6) is -0.812. The van der Waals surface area contributed by atoms with Crippen LogP contribution in [0.5, 0.6) is 0 Å². The predicted octanol–water partition coefficient (Wildman–Crippen LogP) is 3.78. The number of nitrogens with zero attached hydrogens (tertiary/aromatic N) is 1. The number of rotatable bonds is 4. The van der Waals surface area contributed by atoms with E-state index in [0.29, 0.717) is 15.1 Å². The molecule has 2 aromatic carbocycles. The van der Waals surface area contributed by atoms with Crippen LogP contribution >= 0.6 is 11.6 Å². The molecule has 0 amide bonds. The average Bonchev–Trinajstić information content (AvgIpc) is 3.32. The van der Waals surface area contributed by atoms with Crippen LogP contribution in [0.1, 0.15) is 31.9 Å². The zero-order chi connectivity index (χ0) is 20.0. The number of halogens is 1. The molecule has 1 aliphatic rings. The smallest absolute Gasteiger partial charge is 0.364 e. The van der Waals surface area contributed by atoms with Gasteiger partial charge in [0.2, 0.25) is 0 Å². The number of esters is 1. The first-order chi connectivity index (χ1) is 12.5. The summed E-state index contributed by atoms with van der Waals surface area (Å²) in [5, 5.41) is 0.451. The Hall–Kier alpha value is -1.93. The fourth-order valence-corrected chi connectivity index (χ4v) is 4.06. The molecule has 1 aliphatic heterocycles. The molecular formula is C19H20ClNO5S. The Morgan fingerprint density at radius 3 is 2.15 bits per heavy atom. The molecule has 0 aliphatic carbocycles. The highest BCUT2D eigenvalue weighted by atomic mass is 35.5. The third kappa shape index (κ3) is 3.73. The van der Waals surface area contributed by atoms with E-state index >= 15 is 0 Å². The van der Waals surface area contributed by atoms with Gasteiger partial charge in [0, 0.05) is 10.6 Å². The lowest BCUT2D eigenvalue weighted by Gasteiger charge is -2.22. The number of hydroxylamine groups is 1. The largest absolute Gasteiger partial charge is 0.456 e. The van der Waals surface area contributed by atoms with Crippen molar-refractivity contribution in [2.45, 2.75) is 43.9 Å². The lowest BCUT2D eigenvalue weighted by atomic mass is 10.1. The van der Waals surface area contributed by atoms with Crippen LogP contribution in [-0.4, -0.2) is 24.5 Å². The molecular weight excluding hydrogens is 390 g/mol. The second kappa shape index (κ2) is 6.60. The summed E-state index contributed by atoms with van der Waals surface area (Å²) in [6, 6.07) is 12.5. The Labute approximate surface area is 163 Å². The molecule has 0 saturated carbocycles. The van der Waals surface area contributed by atoms with Gasteiger partial charge >= 0.3 is 11.7 Å². The van der Waals surface area contributed by atoms with E-state index in [-0.39, 0.29) is 4.90 Å². The second-order valence-corrected chi connectivity index (χ2v) is 9.48. The number of hydrogen-bond donors (Lipinski definition) is 0. The summed E-state index contributed by atoms with van der Waals surface area (Å²) in [6.45, 7) is 6.94. The number of carbonyl (C=O) groups is 1. The fraction of sp³-hybridized carbons (Fsp3) is 0.316. The van der Waals surface area contributed by atoms with E-state index in [2.05, 4.69) is 0 Å². The maximum Gasteiger partial charge on any atom is 0.364 e. The van der Waals surface area contributed by atoms with Crippen LogP contribution in [-0.2, 0) is 30.1 Å². The van der Waals surface area contributed by atoms with Crippen LogP contribution in [0.3, 0.4) is 0 Å². The van der Waals surface area contributed by atoms with Crippen molar-refractivity contribution >= 4 is 27.6 Å². The molecule has 0 bridgehead atoms. The van der Waals surface area contributed by atoms with Gasteiger partial charge in [0.25, 0.3) is 10.0 Å². The molecule has 0 spiro atoms. The predicted molar refractivity (Wildman–Crippen MR) is 100 cm³/mol. The minimum Gasteiger partial charge on any atom is -0.456 e. The summed E-state index contributed by atoms with van der Waals surface area (Å²) in [6.07, 6.45) is 0. The van der Waals surface area contributed by atoms with Gasteiger partial charge in [-0.3, -0.25) is 0 Å². The van der Waals surface area contributed by atoms with Crippen molar-refractivity contribution in [2.75, 3.05) is 0 Å². The molecule has 2 atom stereocenters. The molecule has 3 rings (SSSR count). The number of hydrogen-bond acceptors (Lipinski definition) is 5. The van der Waals surface area contributed by atoms with Crippen LogP contribution in [0.4, 0.5) is 0 Å². The zero-order valence-electron chi connectivity index (χ0n) is 15.4. The van der Waals surface area contributed by atoms with Crippen LogP contribution in [0.15, 0.2) is 53.4 Å². The summed E-state index contributed by atoms with van der Waals surface area (Å²) >= 11 is 5.92. The van der Waals surface area contributed by atoms with Gasteiger partial charge in [0.05, 0.1) is 4.90 Å². The standard InChI is InChI=1S/C19H20ClNO5S/c1-13-5-11-16(12-6-13)27(23,24)21-19(26-21,17(22)25-18(2,3)4)14-7-9-15(20)10-8-14/h5-12H,1-4H3/t19-,21?/m1/s1. The highest BCUT2D eigenvalue weighted by Crippen LogP contribution is 2.50. The number of sulfonamides is 1. The highest BCUT2D eigenvalue weighted by molar-refractivity contribution is 7.89. The van der Waals surface area contributed by atoms with E-state index < -0.39 is 27.3 Å². The maximum atomic E-state index is 13.0. The van der Waals surface area contributed by atoms with Crippen molar-refractivity contribution in [1.29, 1.82) is 0 Å². The van der Waals surface area contributed by atoms with Crippen LogP contribution in [0.2, 0.25) is 5.02 Å². The van der Waals surface area contributed by atoms with E-state index in [1.807, 2.05) is 6.92 Å². The summed E-state index contributed by atoms with van der Waals surface area (Å²) in [4.78, 5) is 18.3. The summed E-state index contributed by atoms with van der Waals surface area (Å²) in [7, 11) is -4.07. The van der Waals surface area contributed by atoms with Gasteiger partial charge in [-0.25, -0.2) is 18.0 Å². The normalized spacial score (nSPS) is 22.3. The third-order valence-electron chi connectivity index (χ3n) is 3.89. The molecule has 8 heteroatoms. The maximum absolute atomic E-state index is 13.0. The molecule has 1 saturated heterocycles. The van der Waals surface area contributed by atoms with E-state index in [0.717, 1.165) is 5.56 Å². The molecule has 27 heavy (non-hydrogen) atoms. The average molecular weight is 410 g/mol. The van der Waals surface area contributed by atoms with E-state index in [1.165, 1.54) is 24.3 Å². The van der Waals surface area contributed by atoms with Crippen LogP contribution in [0, 0.1) is 6.92 Å². The number of aryl methyl sites for hydroxylation is 1. The third-order valence-corrected chi connectivity index (χ3v) is 5.78. The Morgan fingerprint density at radius 2 is 1.63 bits per heavy atom. The highest BCUT2D eigenvalue weighted by Gasteiger charge is 2.71. The number of carbonyl (C=O) groups excluding carboxylic acids is 1. The minimum atomic E-state index is -4.07. The summed E-state index contributed by atoms with van der Waals surface area (Å²) < 4.78 is 32.1. The van der Waals surface area contributed by atoms with Crippen LogP contribution in [0.25, 0.3) is 0 Å². The zero-order valence-corrected chi connectivity index (χ0v) is 17.0. The first-order valence-corrected chi connectivity index (χ1v) is 10.1. The van der Waals surface area contributed by atoms with Gasteiger partial charge in [-0.15, -0.1) is 0 Å². The molecule has 6 nitrogen and oxygen atoms in total. The van der Waals surface area contributed by atoms with Crippen molar-refractivity contribution in [3.63, 3.8) is 0 Å². The Morgan fingerprint density at radius 1 is 1.07 bits per heavy atom. The van der Waals surface area contributed by atoms with Gasteiger partial charge in [0.15, 0.2) is 0 Å². The molecule has 144 valence electrons. The van der Waals surface area contributed by atoms with E-state index in [1.54, 1.807) is 45.0 Å². The van der Waals surface area contributed by atoms with E-state index in [4.69, 9.17) is 21.2 Å². The van der Waals surface area contributed by atoms with Crippen molar-refractivity contribution in [3.05, 3.63) is 64.7 Å². The Bertz CT molecular complexity index is 965. The summed E-state index contributed by atoms with van der Waals surface area (Å²) in [5.41, 5.74) is -1.46. The molecule has 1 fully saturated rings. The fourth-order valence-electron chi connectivity index (χ4n) is 2.53. The van der Waals surface area contributed by atoms with Gasteiger partial charge < -0.3 is 4.74 Å². The first-order valence-electron chi connectivity index (χ1n) is 8.27. The monoisotopic (exact) mass is 409 g/mol. The van der Waals surface area contributed by atoms with Gasteiger partial charge in [-0.2, -0.15) is 0 Å². The molecule has 1 heterocycles. The lowest BCUT2D eigenvalue weighted by molar-refractivity contribution is -0.162. The number of benzene rings is 2. The molecule has 0 N–H and O–H groups in total. The molecule has 0 radical (unpaired) electrons. The number of ether oxygens (including phenoxy) is 1.